The van der Waals surface area contributed by atoms with Gasteiger partial charge in [-0.15, -0.1) is 0 Å². The molecule has 0 aliphatic rings. The van der Waals surface area contributed by atoms with Crippen molar-refractivity contribution < 1.29 is 13.2 Å². The number of carbonyl (C=O) groups is 1. The van der Waals surface area contributed by atoms with E-state index in [-0.39, 0.29) is 17.5 Å². The van der Waals surface area contributed by atoms with Gasteiger partial charge in [0.25, 0.3) is 0 Å². The number of fused-ring (bicyclic) bond motifs is 1. The number of aromatic nitrogens is 2. The lowest BCUT2D eigenvalue weighted by Crippen LogP contribution is -2.41. The number of hydrogen-bond acceptors (Lipinski definition) is 5. The standard InChI is InChI=1S/C17H24N4O5S/c1-6-11(2)18-15(22)10-19(3)27(25,26)12-7-8-13-14(9-12)21(5)17(24)16(23)20(13)4/h7-9,11H,6,10H2,1-5H3,(H,18,22). The van der Waals surface area contributed by atoms with E-state index in [2.05, 4.69) is 5.32 Å². The first kappa shape index (κ1) is 20.8. The highest BCUT2D eigenvalue weighted by atomic mass is 32.2. The van der Waals surface area contributed by atoms with Crippen LogP contribution in [-0.4, -0.2) is 47.4 Å². The van der Waals surface area contributed by atoms with Gasteiger partial charge in [0.15, 0.2) is 0 Å². The van der Waals surface area contributed by atoms with E-state index >= 15 is 0 Å². The summed E-state index contributed by atoms with van der Waals surface area (Å²) in [6, 6.07) is 4.10. The van der Waals surface area contributed by atoms with Crippen LogP contribution in [0.3, 0.4) is 0 Å². The number of sulfonamides is 1. The summed E-state index contributed by atoms with van der Waals surface area (Å²) in [5.41, 5.74) is -0.709. The van der Waals surface area contributed by atoms with Gasteiger partial charge in [-0.2, -0.15) is 4.31 Å². The molecule has 1 heterocycles. The molecule has 1 unspecified atom stereocenters. The van der Waals surface area contributed by atoms with Crippen LogP contribution in [0.25, 0.3) is 11.0 Å². The highest BCUT2D eigenvalue weighted by Gasteiger charge is 2.24. The van der Waals surface area contributed by atoms with Gasteiger partial charge < -0.3 is 14.5 Å². The van der Waals surface area contributed by atoms with Crippen molar-refractivity contribution >= 4 is 27.0 Å². The van der Waals surface area contributed by atoms with Gasteiger partial charge in [-0.3, -0.25) is 14.4 Å². The first-order valence-corrected chi connectivity index (χ1v) is 9.90. The summed E-state index contributed by atoms with van der Waals surface area (Å²) in [5, 5.41) is 2.72. The van der Waals surface area contributed by atoms with Crippen molar-refractivity contribution in [1.29, 1.82) is 0 Å². The third-order valence-corrected chi connectivity index (χ3v) is 6.36. The molecule has 9 nitrogen and oxygen atoms in total. The maximum absolute atomic E-state index is 12.8. The molecule has 0 bridgehead atoms. The van der Waals surface area contributed by atoms with Gasteiger partial charge >= 0.3 is 11.1 Å². The number of rotatable bonds is 6. The lowest BCUT2D eigenvalue weighted by atomic mass is 10.2. The molecule has 1 N–H and O–H groups in total. The van der Waals surface area contributed by atoms with Crippen LogP contribution in [0, 0.1) is 0 Å². The van der Waals surface area contributed by atoms with E-state index < -0.39 is 27.0 Å². The summed E-state index contributed by atoms with van der Waals surface area (Å²) in [7, 11) is 0.223. The van der Waals surface area contributed by atoms with Crippen LogP contribution < -0.4 is 16.4 Å². The molecule has 10 heteroatoms. The van der Waals surface area contributed by atoms with Gasteiger partial charge in [-0.05, 0) is 31.5 Å². The third kappa shape index (κ3) is 3.96. The molecule has 0 spiro atoms. The number of nitrogens with zero attached hydrogens (tertiary/aromatic N) is 3. The summed E-state index contributed by atoms with van der Waals surface area (Å²) >= 11 is 0. The molecule has 1 aromatic carbocycles. The Hall–Kier alpha value is -2.46. The Labute approximate surface area is 157 Å². The maximum atomic E-state index is 12.8. The number of benzene rings is 1. The van der Waals surface area contributed by atoms with E-state index in [0.717, 1.165) is 15.3 Å². The minimum atomic E-state index is -3.95. The average molecular weight is 396 g/mol. The van der Waals surface area contributed by atoms with E-state index in [9.17, 15) is 22.8 Å². The molecule has 2 aromatic rings. The predicted molar refractivity (Wildman–Crippen MR) is 102 cm³/mol. The van der Waals surface area contributed by atoms with Gasteiger partial charge in [0.1, 0.15) is 0 Å². The van der Waals surface area contributed by atoms with Gasteiger partial charge in [-0.1, -0.05) is 6.92 Å². The summed E-state index contributed by atoms with van der Waals surface area (Å²) in [6.45, 7) is 3.43. The molecule has 0 saturated heterocycles. The minimum absolute atomic E-state index is 0.0508. The summed E-state index contributed by atoms with van der Waals surface area (Å²) in [5.74, 6) is -0.397. The zero-order valence-corrected chi connectivity index (χ0v) is 16.8. The zero-order chi connectivity index (χ0) is 20.5. The number of carbonyl (C=O) groups excluding carboxylic acids is 1. The molecule has 1 atom stereocenters. The second-order valence-electron chi connectivity index (χ2n) is 6.52. The quantitative estimate of drug-likeness (QED) is 0.679. The molecular formula is C17H24N4O5S. The van der Waals surface area contributed by atoms with Gasteiger partial charge in [0.05, 0.1) is 22.5 Å². The second-order valence-corrected chi connectivity index (χ2v) is 8.56. The van der Waals surface area contributed by atoms with Gasteiger partial charge in [0, 0.05) is 27.2 Å². The fourth-order valence-electron chi connectivity index (χ4n) is 2.61. The number of hydrogen-bond donors (Lipinski definition) is 1. The molecule has 2 rings (SSSR count). The van der Waals surface area contributed by atoms with Crippen molar-refractivity contribution in [2.75, 3.05) is 13.6 Å². The van der Waals surface area contributed by atoms with Crippen molar-refractivity contribution in [2.45, 2.75) is 31.2 Å². The van der Waals surface area contributed by atoms with Crippen LogP contribution in [0.5, 0.6) is 0 Å². The van der Waals surface area contributed by atoms with Gasteiger partial charge in [-0.25, -0.2) is 8.42 Å². The predicted octanol–water partition coefficient (Wildman–Crippen LogP) is -0.228. The smallest absolute Gasteiger partial charge is 0.316 e. The molecule has 0 aliphatic carbocycles. The Morgan fingerprint density at radius 3 is 2.26 bits per heavy atom. The van der Waals surface area contributed by atoms with Crippen molar-refractivity contribution in [3.63, 3.8) is 0 Å². The fourth-order valence-corrected chi connectivity index (χ4v) is 3.76. The molecule has 0 fully saturated rings. The number of amides is 1. The number of aryl methyl sites for hydroxylation is 2. The Morgan fingerprint density at radius 2 is 1.70 bits per heavy atom. The van der Waals surface area contributed by atoms with Crippen LogP contribution in [-0.2, 0) is 28.9 Å². The van der Waals surface area contributed by atoms with Crippen LogP contribution in [0.2, 0.25) is 0 Å². The van der Waals surface area contributed by atoms with Crippen LogP contribution in [0.1, 0.15) is 20.3 Å². The Morgan fingerprint density at radius 1 is 1.15 bits per heavy atom. The van der Waals surface area contributed by atoms with Crippen molar-refractivity contribution in [3.05, 3.63) is 38.9 Å². The van der Waals surface area contributed by atoms with Crippen LogP contribution >= 0.6 is 0 Å². The van der Waals surface area contributed by atoms with Crippen molar-refractivity contribution in [1.82, 2.24) is 18.8 Å². The monoisotopic (exact) mass is 396 g/mol. The second kappa shape index (κ2) is 7.65. The van der Waals surface area contributed by atoms with Crippen LogP contribution in [0.4, 0.5) is 0 Å². The molecule has 0 radical (unpaired) electrons. The molecule has 0 aliphatic heterocycles. The normalized spacial score (nSPS) is 13.1. The molecule has 1 aromatic heterocycles. The summed E-state index contributed by atoms with van der Waals surface area (Å²) in [6.07, 6.45) is 0.736. The lowest BCUT2D eigenvalue weighted by molar-refractivity contribution is -0.121. The molecular weight excluding hydrogens is 372 g/mol. The van der Waals surface area contributed by atoms with Gasteiger partial charge in [0.2, 0.25) is 15.9 Å². The number of nitrogens with one attached hydrogen (secondary N) is 1. The molecule has 27 heavy (non-hydrogen) atoms. The topological polar surface area (TPSA) is 110 Å². The van der Waals surface area contributed by atoms with E-state index in [1.54, 1.807) is 0 Å². The summed E-state index contributed by atoms with van der Waals surface area (Å²) < 4.78 is 28.9. The first-order chi connectivity index (χ1) is 12.5. The molecule has 1 amide bonds. The van der Waals surface area contributed by atoms with E-state index in [1.807, 2.05) is 13.8 Å². The van der Waals surface area contributed by atoms with Crippen molar-refractivity contribution in [2.24, 2.45) is 14.1 Å². The Balaban J connectivity index is 2.44. The Bertz CT molecular complexity index is 1100. The highest BCUT2D eigenvalue weighted by Crippen LogP contribution is 2.19. The SMILES string of the molecule is CCC(C)NC(=O)CN(C)S(=O)(=O)c1ccc2c(c1)n(C)c(=O)c(=O)n2C. The number of likely N-dealkylation sites (N-methyl/N-ethyl adjacent to an activating group) is 1. The van der Waals surface area contributed by atoms with Crippen LogP contribution in [0.15, 0.2) is 32.7 Å². The molecule has 148 valence electrons. The van der Waals surface area contributed by atoms with E-state index in [4.69, 9.17) is 0 Å². The van der Waals surface area contributed by atoms with E-state index in [0.29, 0.717) is 11.0 Å². The summed E-state index contributed by atoms with van der Waals surface area (Å²) in [4.78, 5) is 35.8. The maximum Gasteiger partial charge on any atom is 0.316 e. The van der Waals surface area contributed by atoms with Crippen molar-refractivity contribution in [3.8, 4) is 0 Å². The average Bonchev–Trinajstić information content (AvgIpc) is 2.63. The third-order valence-electron chi connectivity index (χ3n) is 4.56. The zero-order valence-electron chi connectivity index (χ0n) is 16.0. The Kier molecular flexibility index (Phi) is 5.91. The molecule has 0 saturated carbocycles. The lowest BCUT2D eigenvalue weighted by Gasteiger charge is -2.19. The minimum Gasteiger partial charge on any atom is -0.353 e. The fraction of sp³-hybridized carbons (Fsp3) is 0.471. The highest BCUT2D eigenvalue weighted by molar-refractivity contribution is 7.89. The first-order valence-electron chi connectivity index (χ1n) is 8.46. The largest absolute Gasteiger partial charge is 0.353 e. The van der Waals surface area contributed by atoms with E-state index in [1.165, 1.54) is 43.9 Å².